The van der Waals surface area contributed by atoms with Gasteiger partial charge in [-0.15, -0.1) is 0 Å². The van der Waals surface area contributed by atoms with Gasteiger partial charge in [-0.25, -0.2) is 0 Å². The van der Waals surface area contributed by atoms with Gasteiger partial charge < -0.3 is 5.73 Å². The molecule has 0 spiro atoms. The molecule has 0 fully saturated rings. The van der Waals surface area contributed by atoms with Gasteiger partial charge in [0.25, 0.3) is 0 Å². The average molecular weight is 266 g/mol. The number of ketones is 1. The van der Waals surface area contributed by atoms with Gasteiger partial charge in [0.2, 0.25) is 0 Å². The molecule has 1 aromatic carbocycles. The molecule has 2 nitrogen and oxygen atoms in total. The van der Waals surface area contributed by atoms with E-state index in [9.17, 15) is 4.79 Å². The maximum Gasteiger partial charge on any atom is 0.188 e. The van der Waals surface area contributed by atoms with Crippen molar-refractivity contribution in [2.75, 3.05) is 5.73 Å². The van der Waals surface area contributed by atoms with Gasteiger partial charge in [-0.2, -0.15) is 0 Å². The maximum absolute atomic E-state index is 12.0. The molecule has 78 valence electrons. The van der Waals surface area contributed by atoms with Crippen molar-refractivity contribution >= 4 is 27.4 Å². The van der Waals surface area contributed by atoms with Crippen molar-refractivity contribution < 1.29 is 4.79 Å². The molecule has 0 saturated carbocycles. The summed E-state index contributed by atoms with van der Waals surface area (Å²) in [6, 6.07) is 5.35. The average Bonchev–Trinajstić information content (AvgIpc) is 2.74. The lowest BCUT2D eigenvalue weighted by molar-refractivity contribution is 0.103. The summed E-state index contributed by atoms with van der Waals surface area (Å²) in [4.78, 5) is 12.0. The third kappa shape index (κ3) is 2.12. The molecule has 2 rings (SSSR count). The molecule has 0 aromatic heterocycles. The van der Waals surface area contributed by atoms with E-state index >= 15 is 0 Å². The topological polar surface area (TPSA) is 43.1 Å². The molecule has 0 amide bonds. The van der Waals surface area contributed by atoms with Crippen LogP contribution >= 0.6 is 15.9 Å². The smallest absolute Gasteiger partial charge is 0.188 e. The summed E-state index contributed by atoms with van der Waals surface area (Å²) in [6.07, 6.45) is 5.04. The Morgan fingerprint density at radius 3 is 2.80 bits per heavy atom. The number of allylic oxidation sites excluding steroid dienone is 2. The van der Waals surface area contributed by atoms with E-state index in [2.05, 4.69) is 15.9 Å². The minimum atomic E-state index is 0.117. The van der Waals surface area contributed by atoms with Crippen LogP contribution in [0, 0.1) is 0 Å². The summed E-state index contributed by atoms with van der Waals surface area (Å²) >= 11 is 3.31. The number of nitrogens with two attached hydrogens (primary N) is 1. The van der Waals surface area contributed by atoms with Crippen LogP contribution < -0.4 is 5.73 Å². The molecule has 0 radical (unpaired) electrons. The monoisotopic (exact) mass is 265 g/mol. The van der Waals surface area contributed by atoms with Crippen LogP contribution in [-0.2, 0) is 0 Å². The molecule has 0 saturated heterocycles. The number of carbonyl (C=O) groups excluding carboxylic acids is 1. The fourth-order valence-electron chi connectivity index (χ4n) is 1.75. The van der Waals surface area contributed by atoms with Crippen LogP contribution in [0.15, 0.2) is 34.3 Å². The van der Waals surface area contributed by atoms with Crippen LogP contribution in [0.3, 0.4) is 0 Å². The molecule has 3 heteroatoms. The normalized spacial score (nSPS) is 15.1. The summed E-state index contributed by atoms with van der Waals surface area (Å²) in [6.45, 7) is 0. The second-order valence-corrected chi connectivity index (χ2v) is 4.54. The van der Waals surface area contributed by atoms with Gasteiger partial charge in [0.1, 0.15) is 0 Å². The maximum atomic E-state index is 12.0. The lowest BCUT2D eigenvalue weighted by Crippen LogP contribution is -2.02. The van der Waals surface area contributed by atoms with E-state index in [4.69, 9.17) is 5.73 Å². The van der Waals surface area contributed by atoms with Crippen molar-refractivity contribution in [3.8, 4) is 0 Å². The zero-order valence-corrected chi connectivity index (χ0v) is 9.88. The first kappa shape index (κ1) is 10.4. The predicted octanol–water partition coefficient (Wildman–Crippen LogP) is 3.32. The highest BCUT2D eigenvalue weighted by atomic mass is 79.9. The molecular formula is C12H12BrNO. The van der Waals surface area contributed by atoms with E-state index in [0.717, 1.165) is 29.3 Å². The highest BCUT2D eigenvalue weighted by Gasteiger charge is 2.15. The van der Waals surface area contributed by atoms with E-state index in [1.165, 1.54) is 0 Å². The van der Waals surface area contributed by atoms with Crippen LogP contribution in [0.25, 0.3) is 0 Å². The summed E-state index contributed by atoms with van der Waals surface area (Å²) in [5.41, 5.74) is 7.96. The quantitative estimate of drug-likeness (QED) is 0.659. The number of nitrogen functional groups attached to an aromatic ring is 1. The zero-order chi connectivity index (χ0) is 10.8. The molecule has 1 aromatic rings. The summed E-state index contributed by atoms with van der Waals surface area (Å²) in [5, 5.41) is 0. The Hall–Kier alpha value is -1.09. The second kappa shape index (κ2) is 4.19. The van der Waals surface area contributed by atoms with Crippen LogP contribution in [0.2, 0.25) is 0 Å². The Bertz CT molecular complexity index is 437. The third-order valence-electron chi connectivity index (χ3n) is 2.59. The van der Waals surface area contributed by atoms with Crippen molar-refractivity contribution in [3.63, 3.8) is 0 Å². The Labute approximate surface area is 97.3 Å². The summed E-state index contributed by atoms with van der Waals surface area (Å²) in [7, 11) is 0. The van der Waals surface area contributed by atoms with E-state index in [1.54, 1.807) is 6.07 Å². The molecule has 0 bridgehead atoms. The number of anilines is 1. The summed E-state index contributed by atoms with van der Waals surface area (Å²) < 4.78 is 0.833. The van der Waals surface area contributed by atoms with Crippen LogP contribution in [0.4, 0.5) is 5.69 Å². The molecule has 15 heavy (non-hydrogen) atoms. The Kier molecular flexibility index (Phi) is 2.91. The van der Waals surface area contributed by atoms with Gasteiger partial charge >= 0.3 is 0 Å². The Morgan fingerprint density at radius 1 is 1.40 bits per heavy atom. The molecule has 1 aliphatic rings. The van der Waals surface area contributed by atoms with E-state index in [0.29, 0.717) is 11.3 Å². The third-order valence-corrected chi connectivity index (χ3v) is 3.31. The minimum absolute atomic E-state index is 0.117. The fraction of sp³-hybridized carbons (Fsp3) is 0.250. The molecular weight excluding hydrogens is 254 g/mol. The molecule has 0 aliphatic heterocycles. The van der Waals surface area contributed by atoms with Crippen molar-refractivity contribution in [1.82, 2.24) is 0 Å². The van der Waals surface area contributed by atoms with Crippen molar-refractivity contribution in [2.45, 2.75) is 19.3 Å². The standard InChI is InChI=1S/C12H12BrNO/c13-10-6-5-9(7-11(10)14)12(15)8-3-1-2-4-8/h3,5-7H,1-2,4,14H2. The zero-order valence-electron chi connectivity index (χ0n) is 8.29. The number of rotatable bonds is 2. The van der Waals surface area contributed by atoms with Gasteiger partial charge in [0.05, 0.1) is 0 Å². The highest BCUT2D eigenvalue weighted by Crippen LogP contribution is 2.25. The van der Waals surface area contributed by atoms with E-state index in [1.807, 2.05) is 18.2 Å². The largest absolute Gasteiger partial charge is 0.398 e. The van der Waals surface area contributed by atoms with Gasteiger partial charge in [0, 0.05) is 15.7 Å². The molecule has 0 atom stereocenters. The first-order valence-corrected chi connectivity index (χ1v) is 5.76. The number of hydrogen-bond donors (Lipinski definition) is 1. The van der Waals surface area contributed by atoms with Gasteiger partial charge in [-0.05, 0) is 59.0 Å². The Morgan fingerprint density at radius 2 is 2.20 bits per heavy atom. The second-order valence-electron chi connectivity index (χ2n) is 3.69. The van der Waals surface area contributed by atoms with E-state index in [-0.39, 0.29) is 5.78 Å². The summed E-state index contributed by atoms with van der Waals surface area (Å²) in [5.74, 6) is 0.117. The van der Waals surface area contributed by atoms with Crippen LogP contribution in [-0.4, -0.2) is 5.78 Å². The number of carbonyl (C=O) groups is 1. The number of Topliss-reactive ketones (excluding diaryl/α,β-unsaturated/α-hetero) is 1. The lowest BCUT2D eigenvalue weighted by atomic mass is 10.0. The molecule has 0 unspecified atom stereocenters. The van der Waals surface area contributed by atoms with Gasteiger partial charge in [-0.1, -0.05) is 6.08 Å². The van der Waals surface area contributed by atoms with Gasteiger partial charge in [0.15, 0.2) is 5.78 Å². The molecule has 1 aliphatic carbocycles. The minimum Gasteiger partial charge on any atom is -0.398 e. The van der Waals surface area contributed by atoms with Crippen molar-refractivity contribution in [2.24, 2.45) is 0 Å². The lowest BCUT2D eigenvalue weighted by Gasteiger charge is -2.04. The predicted molar refractivity (Wildman–Crippen MR) is 64.8 cm³/mol. The number of halogens is 1. The SMILES string of the molecule is Nc1cc(C(=O)C2=CCCC2)ccc1Br. The van der Waals surface area contributed by atoms with E-state index < -0.39 is 0 Å². The van der Waals surface area contributed by atoms with Crippen molar-refractivity contribution in [1.29, 1.82) is 0 Å². The fourth-order valence-corrected chi connectivity index (χ4v) is 1.99. The number of hydrogen-bond acceptors (Lipinski definition) is 2. The van der Waals surface area contributed by atoms with Gasteiger partial charge in [-0.3, -0.25) is 4.79 Å². The molecule has 0 heterocycles. The Balaban J connectivity index is 2.29. The van der Waals surface area contributed by atoms with Crippen LogP contribution in [0.5, 0.6) is 0 Å². The first-order valence-electron chi connectivity index (χ1n) is 4.97. The van der Waals surface area contributed by atoms with Crippen molar-refractivity contribution in [3.05, 3.63) is 39.9 Å². The van der Waals surface area contributed by atoms with Crippen LogP contribution in [0.1, 0.15) is 29.6 Å². The number of benzene rings is 1. The highest BCUT2D eigenvalue weighted by molar-refractivity contribution is 9.10. The first-order chi connectivity index (χ1) is 7.18. The molecule has 2 N–H and O–H groups in total.